The molecule has 2 aromatic carbocycles. The van der Waals surface area contributed by atoms with Crippen LogP contribution in [-0.2, 0) is 25.8 Å². The first kappa shape index (κ1) is 30.1. The van der Waals surface area contributed by atoms with E-state index in [1.165, 1.54) is 13.2 Å². The Balaban J connectivity index is 1.56. The summed E-state index contributed by atoms with van der Waals surface area (Å²) >= 11 is 0. The molecule has 0 spiro atoms. The van der Waals surface area contributed by atoms with Gasteiger partial charge in [-0.3, -0.25) is 19.2 Å². The standard InChI is InChI=1S/C30H35N3O7/c1-3-4-6-13-23(18-33(21-34)39-19-22-11-7-5-8-12-22)28(35)31-20-32-29(36)27-17-16-26(40-27)24-14-9-10-15-25(24)30(37)38-2/h5,7-12,14-17,21,23H,3-4,6,13,18-20H2,1-2H3,(H,31,35)(H,32,36)/t23-/m1/s1. The third-order valence-corrected chi connectivity index (χ3v) is 6.22. The van der Waals surface area contributed by atoms with E-state index in [0.29, 0.717) is 29.7 Å². The monoisotopic (exact) mass is 549 g/mol. The van der Waals surface area contributed by atoms with Gasteiger partial charge < -0.3 is 19.8 Å². The molecule has 10 nitrogen and oxygen atoms in total. The molecule has 0 aliphatic carbocycles. The van der Waals surface area contributed by atoms with E-state index in [2.05, 4.69) is 17.6 Å². The minimum atomic E-state index is -0.537. The fraction of sp³-hybridized carbons (Fsp3) is 0.333. The second-order valence-corrected chi connectivity index (χ2v) is 9.08. The van der Waals surface area contributed by atoms with Crippen molar-refractivity contribution in [2.24, 2.45) is 5.92 Å². The number of nitrogens with zero attached hydrogens (tertiary/aromatic N) is 1. The van der Waals surface area contributed by atoms with E-state index in [0.717, 1.165) is 29.9 Å². The summed E-state index contributed by atoms with van der Waals surface area (Å²) in [6, 6.07) is 19.2. The second-order valence-electron chi connectivity index (χ2n) is 9.08. The normalized spacial score (nSPS) is 11.3. The zero-order valence-electron chi connectivity index (χ0n) is 22.8. The van der Waals surface area contributed by atoms with Gasteiger partial charge in [-0.15, -0.1) is 0 Å². The molecular weight excluding hydrogens is 514 g/mol. The number of esters is 1. The smallest absolute Gasteiger partial charge is 0.338 e. The molecule has 0 saturated carbocycles. The van der Waals surface area contributed by atoms with Gasteiger partial charge >= 0.3 is 5.97 Å². The van der Waals surface area contributed by atoms with Crippen molar-refractivity contribution in [3.8, 4) is 11.3 Å². The minimum Gasteiger partial charge on any atom is -0.465 e. The molecule has 2 N–H and O–H groups in total. The van der Waals surface area contributed by atoms with Crippen LogP contribution in [0.4, 0.5) is 0 Å². The predicted octanol–water partition coefficient (Wildman–Crippen LogP) is 4.32. The van der Waals surface area contributed by atoms with E-state index < -0.39 is 17.8 Å². The van der Waals surface area contributed by atoms with Crippen LogP contribution in [-0.4, -0.2) is 49.6 Å². The summed E-state index contributed by atoms with van der Waals surface area (Å²) in [5.41, 5.74) is 1.70. The lowest BCUT2D eigenvalue weighted by Crippen LogP contribution is -2.43. The molecule has 212 valence electrons. The molecule has 10 heteroatoms. The van der Waals surface area contributed by atoms with Crippen molar-refractivity contribution in [3.05, 3.63) is 83.6 Å². The van der Waals surface area contributed by atoms with Gasteiger partial charge in [0.1, 0.15) is 12.4 Å². The van der Waals surface area contributed by atoms with Crippen molar-refractivity contribution in [1.82, 2.24) is 15.7 Å². The molecule has 0 fully saturated rings. The third kappa shape index (κ3) is 8.81. The summed E-state index contributed by atoms with van der Waals surface area (Å²) in [6.45, 7) is 2.22. The van der Waals surface area contributed by atoms with E-state index in [4.69, 9.17) is 14.0 Å². The number of carbonyl (C=O) groups excluding carboxylic acids is 4. The molecular formula is C30H35N3O7. The molecule has 3 rings (SSSR count). The highest BCUT2D eigenvalue weighted by Gasteiger charge is 2.22. The Labute approximate surface area is 233 Å². The molecule has 3 amide bonds. The Hall–Kier alpha value is -4.44. The summed E-state index contributed by atoms with van der Waals surface area (Å²) in [4.78, 5) is 54.9. The van der Waals surface area contributed by atoms with Crippen LogP contribution in [0, 0.1) is 5.92 Å². The summed E-state index contributed by atoms with van der Waals surface area (Å²) in [7, 11) is 1.29. The average molecular weight is 550 g/mol. The van der Waals surface area contributed by atoms with Crippen molar-refractivity contribution in [2.45, 2.75) is 39.2 Å². The number of carbonyl (C=O) groups is 4. The van der Waals surface area contributed by atoms with Gasteiger partial charge in [0.05, 0.1) is 31.8 Å². The third-order valence-electron chi connectivity index (χ3n) is 6.22. The highest BCUT2D eigenvalue weighted by Crippen LogP contribution is 2.26. The Kier molecular flexibility index (Phi) is 11.9. The van der Waals surface area contributed by atoms with Crippen LogP contribution in [0.25, 0.3) is 11.3 Å². The van der Waals surface area contributed by atoms with Crippen LogP contribution < -0.4 is 10.6 Å². The Morgan fingerprint density at radius 1 is 0.975 bits per heavy atom. The van der Waals surface area contributed by atoms with Gasteiger partial charge in [-0.05, 0) is 30.2 Å². The fourth-order valence-corrected chi connectivity index (χ4v) is 4.05. The number of benzene rings is 2. The molecule has 0 radical (unpaired) electrons. The van der Waals surface area contributed by atoms with Gasteiger partial charge in [-0.25, -0.2) is 9.86 Å². The molecule has 40 heavy (non-hydrogen) atoms. The SMILES string of the molecule is CCCCC[C@H](CN(C=O)OCc1ccccc1)C(=O)NCNC(=O)c1ccc(-c2ccccc2C(=O)OC)o1. The fourth-order valence-electron chi connectivity index (χ4n) is 4.05. The molecule has 0 bridgehead atoms. The maximum absolute atomic E-state index is 13.0. The van der Waals surface area contributed by atoms with E-state index >= 15 is 0 Å². The van der Waals surface area contributed by atoms with Crippen LogP contribution in [0.2, 0.25) is 0 Å². The molecule has 3 aromatic rings. The number of amides is 3. The summed E-state index contributed by atoms with van der Waals surface area (Å²) in [5.74, 6) is -1.54. The van der Waals surface area contributed by atoms with Crippen LogP contribution in [0.1, 0.15) is 59.1 Å². The Bertz CT molecular complexity index is 1260. The first-order chi connectivity index (χ1) is 19.5. The molecule has 0 aliphatic heterocycles. The predicted molar refractivity (Wildman–Crippen MR) is 148 cm³/mol. The van der Waals surface area contributed by atoms with E-state index in [-0.39, 0.29) is 31.5 Å². The maximum Gasteiger partial charge on any atom is 0.338 e. The first-order valence-electron chi connectivity index (χ1n) is 13.2. The molecule has 1 aromatic heterocycles. The lowest BCUT2D eigenvalue weighted by Gasteiger charge is -2.23. The first-order valence-corrected chi connectivity index (χ1v) is 13.2. The minimum absolute atomic E-state index is 0.0184. The van der Waals surface area contributed by atoms with Crippen LogP contribution in [0.5, 0.6) is 0 Å². The van der Waals surface area contributed by atoms with E-state index in [1.54, 1.807) is 30.3 Å². The zero-order chi connectivity index (χ0) is 28.7. The summed E-state index contributed by atoms with van der Waals surface area (Å²) in [5, 5.41) is 6.46. The number of nitrogens with one attached hydrogen (secondary N) is 2. The van der Waals surface area contributed by atoms with Gasteiger partial charge in [0.15, 0.2) is 5.76 Å². The average Bonchev–Trinajstić information content (AvgIpc) is 3.49. The van der Waals surface area contributed by atoms with Gasteiger partial charge in [0.25, 0.3) is 5.91 Å². The van der Waals surface area contributed by atoms with Crippen LogP contribution >= 0.6 is 0 Å². The Morgan fingerprint density at radius 2 is 1.73 bits per heavy atom. The number of furan rings is 1. The van der Waals surface area contributed by atoms with E-state index in [1.807, 2.05) is 30.3 Å². The highest BCUT2D eigenvalue weighted by atomic mass is 16.7. The lowest BCUT2D eigenvalue weighted by molar-refractivity contribution is -0.182. The number of rotatable bonds is 16. The number of ether oxygens (including phenoxy) is 1. The van der Waals surface area contributed by atoms with Gasteiger partial charge in [-0.2, -0.15) is 0 Å². The van der Waals surface area contributed by atoms with Gasteiger partial charge in [0, 0.05) is 5.56 Å². The Morgan fingerprint density at radius 3 is 2.45 bits per heavy atom. The largest absolute Gasteiger partial charge is 0.465 e. The van der Waals surface area contributed by atoms with Gasteiger partial charge in [0.2, 0.25) is 12.3 Å². The summed E-state index contributed by atoms with van der Waals surface area (Å²) < 4.78 is 10.5. The molecule has 0 saturated heterocycles. The quantitative estimate of drug-likeness (QED) is 0.0895. The maximum atomic E-state index is 13.0. The number of methoxy groups -OCH3 is 1. The van der Waals surface area contributed by atoms with Gasteiger partial charge in [-0.1, -0.05) is 74.7 Å². The number of hydroxylamine groups is 2. The molecule has 0 unspecified atom stereocenters. The van der Waals surface area contributed by atoms with E-state index in [9.17, 15) is 19.2 Å². The van der Waals surface area contributed by atoms with Crippen molar-refractivity contribution < 1.29 is 33.2 Å². The van der Waals surface area contributed by atoms with Crippen LogP contribution in [0.3, 0.4) is 0 Å². The van der Waals surface area contributed by atoms with Crippen molar-refractivity contribution in [3.63, 3.8) is 0 Å². The van der Waals surface area contributed by atoms with Crippen molar-refractivity contribution >= 4 is 24.2 Å². The number of unbranched alkanes of at least 4 members (excludes halogenated alkanes) is 2. The number of hydrogen-bond acceptors (Lipinski definition) is 7. The van der Waals surface area contributed by atoms with Crippen molar-refractivity contribution in [1.29, 1.82) is 0 Å². The highest BCUT2D eigenvalue weighted by molar-refractivity contribution is 5.97. The molecule has 1 heterocycles. The summed E-state index contributed by atoms with van der Waals surface area (Å²) in [6.07, 6.45) is 3.88. The van der Waals surface area contributed by atoms with Crippen molar-refractivity contribution in [2.75, 3.05) is 20.3 Å². The second kappa shape index (κ2) is 15.8. The number of hydrogen-bond donors (Lipinski definition) is 2. The molecule has 0 aliphatic rings. The lowest BCUT2D eigenvalue weighted by atomic mass is 10.0. The van der Waals surface area contributed by atoms with Crippen LogP contribution in [0.15, 0.2) is 71.1 Å². The topological polar surface area (TPSA) is 127 Å². The molecule has 1 atom stereocenters. The zero-order valence-corrected chi connectivity index (χ0v) is 22.8.